The van der Waals surface area contributed by atoms with E-state index in [1.165, 1.54) is 48.5 Å². The maximum Gasteiger partial charge on any atom is 0.335 e. The molecule has 15 nitrogen and oxygen atoms in total. The van der Waals surface area contributed by atoms with Gasteiger partial charge in [0.25, 0.3) is 10.1 Å². The number of azo groups is 2. The Bertz CT molecular complexity index is 2230. The number of nitrogen functional groups attached to an aromatic ring is 1. The second-order valence-corrected chi connectivity index (χ2v) is 10.9. The second-order valence-electron chi connectivity index (χ2n) is 9.48. The molecule has 0 saturated carbocycles. The smallest absolute Gasteiger partial charge is 0.335 e. The third kappa shape index (κ3) is 6.12. The molecular weight excluding hydrogens is 610 g/mol. The van der Waals surface area contributed by atoms with Crippen molar-refractivity contribution >= 4 is 78.0 Å². The molecule has 0 atom stereocenters. The molecule has 0 fully saturated rings. The van der Waals surface area contributed by atoms with Gasteiger partial charge in [-0.05, 0) is 66.0 Å². The van der Waals surface area contributed by atoms with E-state index in [4.69, 9.17) is 5.73 Å². The predicted octanol–water partition coefficient (Wildman–Crippen LogP) is 6.45. The van der Waals surface area contributed by atoms with Crippen LogP contribution in [0.3, 0.4) is 0 Å². The molecule has 0 aliphatic heterocycles. The summed E-state index contributed by atoms with van der Waals surface area (Å²) in [5.41, 5.74) is 4.68. The van der Waals surface area contributed by atoms with Crippen molar-refractivity contribution < 1.29 is 47.8 Å². The van der Waals surface area contributed by atoms with Crippen LogP contribution in [0.4, 0.5) is 28.4 Å². The summed E-state index contributed by atoms with van der Waals surface area (Å²) in [7, 11) is -4.90. The molecule has 5 aromatic carbocycles. The van der Waals surface area contributed by atoms with Gasteiger partial charge in [-0.25, -0.2) is 14.4 Å². The van der Waals surface area contributed by atoms with Crippen LogP contribution in [-0.4, -0.2) is 51.3 Å². The van der Waals surface area contributed by atoms with E-state index in [-0.39, 0.29) is 61.0 Å². The largest absolute Gasteiger partial charge is 0.505 e. The lowest BCUT2D eigenvalue weighted by atomic mass is 10.0. The van der Waals surface area contributed by atoms with Crippen molar-refractivity contribution in [2.75, 3.05) is 5.73 Å². The molecule has 0 bridgehead atoms. The van der Waals surface area contributed by atoms with Crippen molar-refractivity contribution in [2.24, 2.45) is 20.5 Å². The zero-order chi connectivity index (χ0) is 32.6. The van der Waals surface area contributed by atoms with Crippen LogP contribution in [0.5, 0.6) is 5.75 Å². The Morgan fingerprint density at radius 3 is 1.82 bits per heavy atom. The van der Waals surface area contributed by atoms with Crippen LogP contribution in [0.25, 0.3) is 21.5 Å². The van der Waals surface area contributed by atoms with Crippen molar-refractivity contribution in [3.05, 3.63) is 89.5 Å². The summed E-state index contributed by atoms with van der Waals surface area (Å²) in [6.07, 6.45) is 0. The number of aromatic hydroxyl groups is 1. The fourth-order valence-electron chi connectivity index (χ4n) is 4.41. The van der Waals surface area contributed by atoms with Gasteiger partial charge in [-0.15, -0.1) is 15.3 Å². The number of fused-ring (bicyclic) bond motifs is 2. The molecule has 0 aliphatic carbocycles. The molecule has 0 saturated heterocycles. The number of phenolic OH excluding ortho intramolecular Hbond substituents is 1. The Morgan fingerprint density at radius 2 is 1.22 bits per heavy atom. The van der Waals surface area contributed by atoms with E-state index in [0.717, 1.165) is 24.3 Å². The molecule has 5 aromatic rings. The van der Waals surface area contributed by atoms with Crippen molar-refractivity contribution in [1.82, 2.24) is 0 Å². The van der Waals surface area contributed by atoms with Gasteiger partial charge in [-0.3, -0.25) is 4.55 Å². The molecule has 0 unspecified atom stereocenters. The van der Waals surface area contributed by atoms with E-state index in [1.807, 2.05) is 0 Å². The van der Waals surface area contributed by atoms with Crippen molar-refractivity contribution in [3.8, 4) is 5.75 Å². The molecule has 0 amide bonds. The lowest BCUT2D eigenvalue weighted by molar-refractivity contribution is 0.0682. The third-order valence-electron chi connectivity index (χ3n) is 6.51. The molecule has 0 heterocycles. The number of rotatable bonds is 8. The minimum atomic E-state index is -4.90. The van der Waals surface area contributed by atoms with Crippen LogP contribution >= 0.6 is 0 Å². The molecule has 0 aliphatic rings. The summed E-state index contributed by atoms with van der Waals surface area (Å²) in [5.74, 6) is -4.68. The zero-order valence-corrected chi connectivity index (χ0v) is 23.3. The molecule has 45 heavy (non-hydrogen) atoms. The molecule has 5 rings (SSSR count). The number of hydrogen-bond donors (Lipinski definition) is 6. The maximum absolute atomic E-state index is 12.2. The van der Waals surface area contributed by atoms with Crippen LogP contribution in [-0.2, 0) is 10.1 Å². The molecule has 0 aromatic heterocycles. The van der Waals surface area contributed by atoms with Gasteiger partial charge in [0.2, 0.25) is 0 Å². The highest BCUT2D eigenvalue weighted by Crippen LogP contribution is 2.43. The quantitative estimate of drug-likeness (QED) is 0.0616. The fraction of sp³-hybridized carbons (Fsp3) is 0. The molecule has 0 spiro atoms. The first-order chi connectivity index (χ1) is 21.2. The number of carboxylic acid groups (broad SMARTS) is 3. The number of hydrogen-bond acceptors (Lipinski definition) is 11. The predicted molar refractivity (Wildman–Crippen MR) is 159 cm³/mol. The highest BCUT2D eigenvalue weighted by atomic mass is 32.2. The number of benzene rings is 5. The monoisotopic (exact) mass is 629 g/mol. The van der Waals surface area contributed by atoms with Gasteiger partial charge < -0.3 is 26.2 Å². The van der Waals surface area contributed by atoms with Gasteiger partial charge in [0.05, 0.1) is 33.8 Å². The summed E-state index contributed by atoms with van der Waals surface area (Å²) in [4.78, 5) is 33.9. The average Bonchev–Trinajstić information content (AvgIpc) is 2.99. The van der Waals surface area contributed by atoms with Crippen molar-refractivity contribution in [1.29, 1.82) is 0 Å². The number of nitrogens with two attached hydrogens (primary N) is 1. The number of phenols is 1. The van der Waals surface area contributed by atoms with Crippen LogP contribution < -0.4 is 5.73 Å². The Kier molecular flexibility index (Phi) is 7.68. The first kappa shape index (κ1) is 30.2. The van der Waals surface area contributed by atoms with Gasteiger partial charge >= 0.3 is 17.9 Å². The summed E-state index contributed by atoms with van der Waals surface area (Å²) >= 11 is 0. The number of aromatic carboxylic acids is 3. The lowest BCUT2D eigenvalue weighted by Gasteiger charge is -2.10. The van der Waals surface area contributed by atoms with Crippen LogP contribution in [0.1, 0.15) is 31.1 Å². The van der Waals surface area contributed by atoms with E-state index in [0.29, 0.717) is 0 Å². The van der Waals surface area contributed by atoms with Gasteiger partial charge in [-0.1, -0.05) is 12.1 Å². The SMILES string of the molecule is Nc1ccc2cc(S(=O)(=O)O)c(/N=N/c3ccc(/N=N/c4cc(C(=O)O)cc(C(=O)O)c4)c4ccc(C(=O)O)cc34)c(O)c2c1. The summed E-state index contributed by atoms with van der Waals surface area (Å²) in [6.45, 7) is 0. The standard InChI is InChI=1S/C29H19N5O10S/c30-17-3-1-13-11-24(45(42,43)44)25(26(35)20(13)12-17)34-33-23-6-5-22(19-4-2-14(27(36)37)10-21(19)23)32-31-18-8-15(28(38)39)7-16(9-18)29(40)41/h1-12,35H,30H2,(H,36,37)(H,38,39)(H,40,41)(H,42,43,44)/b32-31+,34-33+. The van der Waals surface area contributed by atoms with Gasteiger partial charge in [0.1, 0.15) is 10.6 Å². The van der Waals surface area contributed by atoms with E-state index >= 15 is 0 Å². The normalized spacial score (nSPS) is 11.9. The first-order valence-electron chi connectivity index (χ1n) is 12.5. The van der Waals surface area contributed by atoms with Gasteiger partial charge in [0, 0.05) is 21.8 Å². The van der Waals surface area contributed by atoms with E-state index < -0.39 is 44.4 Å². The van der Waals surface area contributed by atoms with Gasteiger partial charge in [-0.2, -0.15) is 13.5 Å². The molecular formula is C29H19N5O10S. The number of carboxylic acids is 3. The Morgan fingerprint density at radius 1 is 0.622 bits per heavy atom. The molecule has 16 heteroatoms. The van der Waals surface area contributed by atoms with Crippen LogP contribution in [0.2, 0.25) is 0 Å². The van der Waals surface area contributed by atoms with Crippen LogP contribution in [0.15, 0.2) is 98.1 Å². The van der Waals surface area contributed by atoms with Crippen molar-refractivity contribution in [2.45, 2.75) is 4.90 Å². The number of nitrogens with zero attached hydrogens (tertiary/aromatic N) is 4. The highest BCUT2D eigenvalue weighted by Gasteiger charge is 2.22. The third-order valence-corrected chi connectivity index (χ3v) is 7.38. The topological polar surface area (TPSA) is 262 Å². The molecule has 7 N–H and O–H groups in total. The summed E-state index contributed by atoms with van der Waals surface area (Å²) < 4.78 is 34.2. The first-order valence-corrected chi connectivity index (χ1v) is 13.9. The summed E-state index contributed by atoms with van der Waals surface area (Å²) in [5, 5.41) is 55.9. The Labute approximate surface area is 252 Å². The summed E-state index contributed by atoms with van der Waals surface area (Å²) in [6, 6.07) is 15.2. The molecule has 0 radical (unpaired) electrons. The zero-order valence-electron chi connectivity index (χ0n) is 22.5. The maximum atomic E-state index is 12.2. The van der Waals surface area contributed by atoms with Crippen LogP contribution in [0, 0.1) is 0 Å². The van der Waals surface area contributed by atoms with Crippen molar-refractivity contribution in [3.63, 3.8) is 0 Å². The number of carbonyl (C=O) groups is 3. The average molecular weight is 630 g/mol. The van der Waals surface area contributed by atoms with E-state index in [1.54, 1.807) is 0 Å². The van der Waals surface area contributed by atoms with E-state index in [2.05, 4.69) is 20.5 Å². The Balaban J connectivity index is 1.66. The lowest BCUT2D eigenvalue weighted by Crippen LogP contribution is -2.01. The Hall–Kier alpha value is -6.26. The number of anilines is 1. The minimum absolute atomic E-state index is 0.00134. The second kappa shape index (κ2) is 11.4. The fourth-order valence-corrected chi connectivity index (χ4v) is 5.07. The van der Waals surface area contributed by atoms with E-state index in [9.17, 15) is 47.8 Å². The highest BCUT2D eigenvalue weighted by molar-refractivity contribution is 7.86. The minimum Gasteiger partial charge on any atom is -0.505 e. The van der Waals surface area contributed by atoms with Gasteiger partial charge in [0.15, 0.2) is 5.75 Å². The molecule has 226 valence electrons.